The van der Waals surface area contributed by atoms with Crippen LogP contribution < -0.4 is 0 Å². The Morgan fingerprint density at radius 2 is 1.67 bits per heavy atom. The third-order valence-corrected chi connectivity index (χ3v) is 2.39. The highest BCUT2D eigenvalue weighted by Gasteiger charge is 2.35. The van der Waals surface area contributed by atoms with Crippen molar-refractivity contribution >= 4 is 21.7 Å². The minimum absolute atomic E-state index is 0.680. The highest BCUT2D eigenvalue weighted by atomic mass is 79.9. The molecule has 0 aliphatic rings. The molecule has 5 N–H and O–H groups in total. The maximum Gasteiger partial charge on any atom is 0.177 e. The standard InChI is InChI=1S/C8H15BrO6/c1-3(9)5(12)7(14)8(15)6(13)4(11)2-10/h3-4,6-8,10-11,13-15H,2H2,1H3. The average Bonchev–Trinajstić information content (AvgIpc) is 2.23. The Bertz CT molecular complexity index is 209. The van der Waals surface area contributed by atoms with Gasteiger partial charge in [-0.05, 0) is 6.92 Å². The van der Waals surface area contributed by atoms with Crippen molar-refractivity contribution in [3.05, 3.63) is 0 Å². The predicted octanol–water partition coefficient (Wildman–Crippen LogP) is -2.23. The molecule has 0 aliphatic carbocycles. The zero-order valence-corrected chi connectivity index (χ0v) is 9.70. The normalized spacial score (nSPS) is 21.5. The van der Waals surface area contributed by atoms with Crippen molar-refractivity contribution in [3.63, 3.8) is 0 Å². The number of halogens is 1. The molecule has 0 aromatic carbocycles. The molecule has 0 aromatic rings. The second-order valence-corrected chi connectivity index (χ2v) is 4.57. The summed E-state index contributed by atoms with van der Waals surface area (Å²) in [7, 11) is 0. The summed E-state index contributed by atoms with van der Waals surface area (Å²) in [5.41, 5.74) is 0. The van der Waals surface area contributed by atoms with E-state index >= 15 is 0 Å². The van der Waals surface area contributed by atoms with Crippen LogP contribution >= 0.6 is 15.9 Å². The molecular formula is C8H15BrO6. The van der Waals surface area contributed by atoms with Gasteiger partial charge in [-0.3, -0.25) is 4.79 Å². The summed E-state index contributed by atoms with van der Waals surface area (Å²) < 4.78 is 0. The number of aliphatic hydroxyl groups is 5. The van der Waals surface area contributed by atoms with Crippen molar-refractivity contribution in [2.45, 2.75) is 36.2 Å². The number of aliphatic hydroxyl groups excluding tert-OH is 5. The second-order valence-electron chi connectivity index (χ2n) is 3.19. The molecule has 5 unspecified atom stereocenters. The fraction of sp³-hybridized carbons (Fsp3) is 0.875. The molecule has 0 bridgehead atoms. The zero-order valence-electron chi connectivity index (χ0n) is 8.12. The molecule has 0 aromatic heterocycles. The van der Waals surface area contributed by atoms with Gasteiger partial charge < -0.3 is 25.5 Å². The van der Waals surface area contributed by atoms with Crippen LogP contribution in [-0.4, -0.2) is 67.2 Å². The Kier molecular flexibility index (Phi) is 6.49. The maximum absolute atomic E-state index is 11.2. The van der Waals surface area contributed by atoms with Gasteiger partial charge in [0.05, 0.1) is 11.4 Å². The van der Waals surface area contributed by atoms with Crippen molar-refractivity contribution in [3.8, 4) is 0 Å². The lowest BCUT2D eigenvalue weighted by Gasteiger charge is -2.25. The van der Waals surface area contributed by atoms with Gasteiger partial charge in [0.15, 0.2) is 5.78 Å². The van der Waals surface area contributed by atoms with Gasteiger partial charge >= 0.3 is 0 Å². The van der Waals surface area contributed by atoms with Gasteiger partial charge in [-0.1, -0.05) is 15.9 Å². The van der Waals surface area contributed by atoms with Crippen LogP contribution in [0.2, 0.25) is 0 Å². The fourth-order valence-corrected chi connectivity index (χ4v) is 1.20. The van der Waals surface area contributed by atoms with Gasteiger partial charge in [0.25, 0.3) is 0 Å². The monoisotopic (exact) mass is 286 g/mol. The number of hydrogen-bond donors (Lipinski definition) is 5. The molecule has 7 heteroatoms. The molecule has 0 saturated heterocycles. The van der Waals surface area contributed by atoms with Crippen LogP contribution in [0.1, 0.15) is 6.92 Å². The lowest BCUT2D eigenvalue weighted by Crippen LogP contribution is -2.49. The average molecular weight is 287 g/mol. The fourth-order valence-electron chi connectivity index (χ4n) is 0.926. The summed E-state index contributed by atoms with van der Waals surface area (Å²) in [6.45, 7) is 0.677. The van der Waals surface area contributed by atoms with Crippen molar-refractivity contribution in [1.29, 1.82) is 0 Å². The van der Waals surface area contributed by atoms with Gasteiger partial charge in [-0.2, -0.15) is 0 Å². The summed E-state index contributed by atoms with van der Waals surface area (Å²) in [5, 5.41) is 45.2. The second kappa shape index (κ2) is 6.51. The molecule has 0 radical (unpaired) electrons. The summed E-state index contributed by atoms with van der Waals surface area (Å²) in [4.78, 5) is 10.5. The highest BCUT2D eigenvalue weighted by Crippen LogP contribution is 2.10. The van der Waals surface area contributed by atoms with Crippen molar-refractivity contribution in [2.75, 3.05) is 6.61 Å². The summed E-state index contributed by atoms with van der Waals surface area (Å²) >= 11 is 2.90. The first kappa shape index (κ1) is 14.9. The van der Waals surface area contributed by atoms with E-state index in [0.29, 0.717) is 0 Å². The summed E-state index contributed by atoms with van der Waals surface area (Å²) in [5.74, 6) is -0.716. The maximum atomic E-state index is 11.2. The lowest BCUT2D eigenvalue weighted by atomic mass is 9.99. The number of rotatable bonds is 6. The van der Waals surface area contributed by atoms with E-state index in [9.17, 15) is 20.1 Å². The Labute approximate surface area is 95.3 Å². The van der Waals surface area contributed by atoms with Crippen LogP contribution in [0.4, 0.5) is 0 Å². The van der Waals surface area contributed by atoms with E-state index in [1.807, 2.05) is 0 Å². The Morgan fingerprint density at radius 3 is 2.00 bits per heavy atom. The lowest BCUT2D eigenvalue weighted by molar-refractivity contribution is -0.146. The molecule has 0 amide bonds. The Hall–Kier alpha value is -0.0500. The molecular weight excluding hydrogens is 272 g/mol. The molecule has 90 valence electrons. The minimum Gasteiger partial charge on any atom is -0.394 e. The van der Waals surface area contributed by atoms with Crippen LogP contribution in [0.3, 0.4) is 0 Å². The molecule has 6 nitrogen and oxygen atoms in total. The van der Waals surface area contributed by atoms with Gasteiger partial charge in [0.1, 0.15) is 24.4 Å². The van der Waals surface area contributed by atoms with Crippen LogP contribution in [0.25, 0.3) is 0 Å². The third kappa shape index (κ3) is 4.13. The molecule has 0 aliphatic heterocycles. The first-order chi connectivity index (χ1) is 6.82. The largest absolute Gasteiger partial charge is 0.394 e. The number of hydrogen-bond acceptors (Lipinski definition) is 6. The molecule has 5 atom stereocenters. The van der Waals surface area contributed by atoms with Crippen molar-refractivity contribution in [2.24, 2.45) is 0 Å². The molecule has 0 fully saturated rings. The van der Waals surface area contributed by atoms with E-state index in [2.05, 4.69) is 15.9 Å². The van der Waals surface area contributed by atoms with Gasteiger partial charge in [0, 0.05) is 0 Å². The SMILES string of the molecule is CC(Br)C(=O)C(O)C(O)C(O)C(O)CO. The van der Waals surface area contributed by atoms with E-state index in [0.717, 1.165) is 0 Å². The molecule has 0 saturated carbocycles. The minimum atomic E-state index is -1.83. The summed E-state index contributed by atoms with van der Waals surface area (Å²) in [6, 6.07) is 0. The van der Waals surface area contributed by atoms with E-state index in [1.54, 1.807) is 0 Å². The van der Waals surface area contributed by atoms with Crippen molar-refractivity contribution < 1.29 is 30.3 Å². The van der Waals surface area contributed by atoms with E-state index in [1.165, 1.54) is 6.92 Å². The highest BCUT2D eigenvalue weighted by molar-refractivity contribution is 9.10. The van der Waals surface area contributed by atoms with Gasteiger partial charge in [-0.15, -0.1) is 0 Å². The van der Waals surface area contributed by atoms with Crippen molar-refractivity contribution in [1.82, 2.24) is 0 Å². The molecule has 0 heterocycles. The predicted molar refractivity (Wildman–Crippen MR) is 54.5 cm³/mol. The summed E-state index contributed by atoms with van der Waals surface area (Å²) in [6.07, 6.45) is -7.02. The molecule has 0 rings (SSSR count). The number of carbonyl (C=O) groups excluding carboxylic acids is 1. The number of carbonyl (C=O) groups is 1. The third-order valence-electron chi connectivity index (χ3n) is 1.94. The van der Waals surface area contributed by atoms with Crippen LogP contribution in [0, 0.1) is 0 Å². The molecule has 0 spiro atoms. The first-order valence-electron chi connectivity index (χ1n) is 4.33. The van der Waals surface area contributed by atoms with Crippen LogP contribution in [0.5, 0.6) is 0 Å². The van der Waals surface area contributed by atoms with E-state index in [-0.39, 0.29) is 0 Å². The number of Topliss-reactive ketones (excluding diaryl/α,β-unsaturated/α-hetero) is 1. The topological polar surface area (TPSA) is 118 Å². The zero-order chi connectivity index (χ0) is 12.2. The van der Waals surface area contributed by atoms with E-state index in [4.69, 9.17) is 10.2 Å². The smallest absolute Gasteiger partial charge is 0.177 e. The first-order valence-corrected chi connectivity index (χ1v) is 5.25. The Morgan fingerprint density at radius 1 is 1.20 bits per heavy atom. The molecule has 15 heavy (non-hydrogen) atoms. The number of alkyl halides is 1. The van der Waals surface area contributed by atoms with Gasteiger partial charge in [-0.25, -0.2) is 0 Å². The van der Waals surface area contributed by atoms with E-state index < -0.39 is 41.6 Å². The van der Waals surface area contributed by atoms with Crippen LogP contribution in [-0.2, 0) is 4.79 Å². The van der Waals surface area contributed by atoms with Gasteiger partial charge in [0.2, 0.25) is 0 Å². The quantitative estimate of drug-likeness (QED) is 0.353. The Balaban J connectivity index is 4.43. The number of ketones is 1. The van der Waals surface area contributed by atoms with Crippen LogP contribution in [0.15, 0.2) is 0 Å².